The number of aromatic nitrogens is 3. The molecule has 0 saturated carbocycles. The normalized spacial score (nSPS) is 17.1. The predicted molar refractivity (Wildman–Crippen MR) is 168 cm³/mol. The highest BCUT2D eigenvalue weighted by molar-refractivity contribution is 7.92. The molecule has 1 aliphatic rings. The number of halogens is 2. The van der Waals surface area contributed by atoms with E-state index in [1.165, 1.54) is 23.5 Å². The number of thiazole rings is 1. The number of nitrogens with zero attached hydrogens (tertiary/aromatic N) is 4. The minimum atomic E-state index is -3.78. The largest absolute Gasteiger partial charge is 0.365 e. The molecule has 3 heterocycles. The number of rotatable bonds is 8. The Bertz CT molecular complexity index is 1680. The number of nitrogens with one attached hydrogen (secondary N) is 3. The molecule has 13 heteroatoms. The van der Waals surface area contributed by atoms with Gasteiger partial charge in [-0.2, -0.15) is 4.98 Å². The van der Waals surface area contributed by atoms with Crippen LogP contribution < -0.4 is 15.4 Å². The van der Waals surface area contributed by atoms with Gasteiger partial charge in [-0.15, -0.1) is 11.3 Å². The summed E-state index contributed by atoms with van der Waals surface area (Å²) in [6.45, 7) is 8.76. The van der Waals surface area contributed by atoms with Gasteiger partial charge < -0.3 is 5.32 Å². The molecule has 0 amide bonds. The fraction of sp³-hybridized carbons (Fsp3) is 0.345. The van der Waals surface area contributed by atoms with Gasteiger partial charge in [-0.3, -0.25) is 14.9 Å². The second kappa shape index (κ2) is 11.4. The van der Waals surface area contributed by atoms with Crippen molar-refractivity contribution in [3.8, 4) is 11.3 Å². The minimum absolute atomic E-state index is 0.0415. The Kier molecular flexibility index (Phi) is 8.18. The Balaban J connectivity index is 1.28. The zero-order valence-corrected chi connectivity index (χ0v) is 26.3. The summed E-state index contributed by atoms with van der Waals surface area (Å²) in [4.78, 5) is 15.6. The lowest BCUT2D eigenvalue weighted by molar-refractivity contribution is -0.00778. The first-order valence-electron chi connectivity index (χ1n) is 13.4. The van der Waals surface area contributed by atoms with E-state index in [0.29, 0.717) is 16.4 Å². The van der Waals surface area contributed by atoms with Crippen LogP contribution in [0.5, 0.6) is 0 Å². The summed E-state index contributed by atoms with van der Waals surface area (Å²) in [5.41, 5.74) is 1.46. The monoisotopic (exact) mass is 629 g/mol. The van der Waals surface area contributed by atoms with E-state index in [-0.39, 0.29) is 44.5 Å². The zero-order chi connectivity index (χ0) is 30.3. The second-order valence-corrected chi connectivity index (χ2v) is 14.5. The number of anilines is 4. The topological polar surface area (TPSA) is 112 Å². The number of benzene rings is 2. The Labute approximate surface area is 254 Å². The van der Waals surface area contributed by atoms with Crippen molar-refractivity contribution in [1.82, 2.24) is 19.9 Å². The Morgan fingerprint density at radius 1 is 1.05 bits per heavy atom. The van der Waals surface area contributed by atoms with Crippen LogP contribution in [0.3, 0.4) is 0 Å². The van der Waals surface area contributed by atoms with Crippen molar-refractivity contribution in [3.05, 3.63) is 70.9 Å². The molecular weight excluding hydrogens is 597 g/mol. The Morgan fingerprint density at radius 3 is 2.40 bits per heavy atom. The molecule has 1 fully saturated rings. The lowest BCUT2D eigenvalue weighted by Gasteiger charge is -2.53. The van der Waals surface area contributed by atoms with E-state index in [4.69, 9.17) is 11.6 Å². The molecule has 1 aliphatic heterocycles. The van der Waals surface area contributed by atoms with Crippen LogP contribution in [0.2, 0.25) is 5.02 Å². The molecule has 1 saturated heterocycles. The van der Waals surface area contributed by atoms with Crippen molar-refractivity contribution in [3.63, 3.8) is 0 Å². The maximum Gasteiger partial charge on any atom is 0.261 e. The predicted octanol–water partition coefficient (Wildman–Crippen LogP) is 7.00. The summed E-state index contributed by atoms with van der Waals surface area (Å²) in [5.74, 6) is -0.159. The Morgan fingerprint density at radius 2 is 1.74 bits per heavy atom. The van der Waals surface area contributed by atoms with E-state index in [2.05, 4.69) is 70.0 Å². The van der Waals surface area contributed by atoms with E-state index in [9.17, 15) is 12.8 Å². The maximum atomic E-state index is 14.7. The molecule has 2 aromatic carbocycles. The van der Waals surface area contributed by atoms with Crippen LogP contribution in [0, 0.1) is 5.82 Å². The first kappa shape index (κ1) is 30.1. The minimum Gasteiger partial charge on any atom is -0.365 e. The van der Waals surface area contributed by atoms with Crippen molar-refractivity contribution in [2.75, 3.05) is 22.4 Å². The third-order valence-corrected chi connectivity index (χ3v) is 10.1. The van der Waals surface area contributed by atoms with Gasteiger partial charge in [0.05, 0.1) is 27.5 Å². The lowest BCUT2D eigenvalue weighted by atomic mass is 9.77. The smallest absolute Gasteiger partial charge is 0.261 e. The SMILES string of the molecule is CN1C(C)(C)CC(Nc2nc(Nc3nc(-c4ccc(NS(=O)(=O)c5ccccc5)c(Cl)c4)cs3)ncc2F)CC1(C)C. The van der Waals surface area contributed by atoms with Crippen LogP contribution in [0.4, 0.5) is 27.0 Å². The molecular formula is C29H33ClFN7O2S2. The summed E-state index contributed by atoms with van der Waals surface area (Å²) >= 11 is 7.76. The number of sulfonamides is 1. The molecule has 0 radical (unpaired) electrons. The highest BCUT2D eigenvalue weighted by Crippen LogP contribution is 2.38. The van der Waals surface area contributed by atoms with Gasteiger partial charge in [-0.25, -0.2) is 22.8 Å². The van der Waals surface area contributed by atoms with Gasteiger partial charge in [0, 0.05) is 28.1 Å². The molecule has 0 atom stereocenters. The molecule has 3 N–H and O–H groups in total. The molecule has 4 aromatic rings. The maximum absolute atomic E-state index is 14.7. The average Bonchev–Trinajstić information content (AvgIpc) is 3.39. The summed E-state index contributed by atoms with van der Waals surface area (Å²) in [6, 6.07) is 13.1. The van der Waals surface area contributed by atoms with Crippen LogP contribution in [-0.2, 0) is 10.0 Å². The third-order valence-electron chi connectivity index (χ3n) is 7.68. The highest BCUT2D eigenvalue weighted by atomic mass is 35.5. The molecule has 9 nitrogen and oxygen atoms in total. The van der Waals surface area contributed by atoms with Gasteiger partial charge in [-0.1, -0.05) is 35.9 Å². The number of piperidine rings is 1. The Hall–Kier alpha value is -3.32. The highest BCUT2D eigenvalue weighted by Gasteiger charge is 2.43. The standard InChI is InChI=1S/C29H33ClFN7O2S2/c1-28(2)14-19(15-29(3,4)38(28)5)33-25-22(31)16-32-26(35-25)36-27-34-24(17-41-27)18-11-12-23(21(30)13-18)37-42(39,40)20-9-7-6-8-10-20/h6-13,16-17,19,37H,14-15H2,1-5H3,(H2,32,33,34,35,36). The van der Waals surface area contributed by atoms with Gasteiger partial charge in [0.2, 0.25) is 5.95 Å². The summed E-state index contributed by atoms with van der Waals surface area (Å²) in [5, 5.41) is 8.93. The molecule has 222 valence electrons. The molecule has 5 rings (SSSR count). The van der Waals surface area contributed by atoms with E-state index in [1.54, 1.807) is 36.4 Å². The van der Waals surface area contributed by atoms with Crippen LogP contribution in [0.15, 0.2) is 65.0 Å². The second-order valence-electron chi connectivity index (χ2n) is 11.6. The van der Waals surface area contributed by atoms with Crippen LogP contribution in [0.25, 0.3) is 11.3 Å². The van der Waals surface area contributed by atoms with Gasteiger partial charge in [0.25, 0.3) is 10.0 Å². The fourth-order valence-electron chi connectivity index (χ4n) is 5.32. The van der Waals surface area contributed by atoms with E-state index < -0.39 is 15.8 Å². The molecule has 42 heavy (non-hydrogen) atoms. The van der Waals surface area contributed by atoms with Crippen LogP contribution in [-0.4, -0.2) is 52.4 Å². The number of likely N-dealkylation sites (tertiary alicyclic amines) is 1. The summed E-state index contributed by atoms with van der Waals surface area (Å²) in [6.07, 6.45) is 2.82. The van der Waals surface area contributed by atoms with E-state index >= 15 is 0 Å². The first-order valence-corrected chi connectivity index (χ1v) is 16.1. The first-order chi connectivity index (χ1) is 19.7. The molecule has 0 aliphatic carbocycles. The van der Waals surface area contributed by atoms with E-state index in [1.807, 2.05) is 5.38 Å². The molecule has 0 unspecified atom stereocenters. The van der Waals surface area contributed by atoms with Crippen LogP contribution >= 0.6 is 22.9 Å². The summed E-state index contributed by atoms with van der Waals surface area (Å²) < 4.78 is 42.6. The average molecular weight is 630 g/mol. The van der Waals surface area contributed by atoms with Crippen molar-refractivity contribution >= 4 is 55.5 Å². The third kappa shape index (κ3) is 6.51. The van der Waals surface area contributed by atoms with Gasteiger partial charge in [-0.05, 0) is 71.8 Å². The number of hydrogen-bond acceptors (Lipinski definition) is 9. The summed E-state index contributed by atoms with van der Waals surface area (Å²) in [7, 11) is -1.65. The van der Waals surface area contributed by atoms with Crippen molar-refractivity contribution in [1.29, 1.82) is 0 Å². The number of hydrogen-bond donors (Lipinski definition) is 3. The van der Waals surface area contributed by atoms with Gasteiger partial charge >= 0.3 is 0 Å². The molecule has 0 bridgehead atoms. The van der Waals surface area contributed by atoms with Crippen molar-refractivity contribution in [2.24, 2.45) is 0 Å². The van der Waals surface area contributed by atoms with Gasteiger partial charge in [0.1, 0.15) is 0 Å². The molecule has 0 spiro atoms. The zero-order valence-electron chi connectivity index (χ0n) is 23.9. The van der Waals surface area contributed by atoms with Gasteiger partial charge in [0.15, 0.2) is 16.8 Å². The van der Waals surface area contributed by atoms with Crippen molar-refractivity contribution in [2.45, 2.75) is 62.6 Å². The molecule has 2 aromatic heterocycles. The van der Waals surface area contributed by atoms with Crippen LogP contribution in [0.1, 0.15) is 40.5 Å². The fourth-order valence-corrected chi connectivity index (χ4v) is 7.41. The lowest BCUT2D eigenvalue weighted by Crippen LogP contribution is -2.61. The quantitative estimate of drug-likeness (QED) is 0.191. The van der Waals surface area contributed by atoms with E-state index in [0.717, 1.165) is 19.0 Å². The van der Waals surface area contributed by atoms with Crippen molar-refractivity contribution < 1.29 is 12.8 Å².